The highest BCUT2D eigenvalue weighted by Crippen LogP contribution is 2.19. The molecule has 94 valence electrons. The Morgan fingerprint density at radius 3 is 2.76 bits per heavy atom. The second kappa shape index (κ2) is 6.80. The van der Waals surface area contributed by atoms with Crippen LogP contribution >= 0.6 is 22.6 Å². The number of hydrogen-bond acceptors (Lipinski definition) is 3. The van der Waals surface area contributed by atoms with E-state index in [0.717, 1.165) is 9.32 Å². The summed E-state index contributed by atoms with van der Waals surface area (Å²) in [6, 6.07) is 5.67. The number of rotatable bonds is 5. The third kappa shape index (κ3) is 4.16. The Labute approximate surface area is 115 Å². The van der Waals surface area contributed by atoms with E-state index in [0.29, 0.717) is 12.1 Å². The van der Waals surface area contributed by atoms with E-state index in [1.165, 1.54) is 0 Å². The third-order valence-electron chi connectivity index (χ3n) is 2.48. The van der Waals surface area contributed by atoms with Gasteiger partial charge >= 0.3 is 0 Å². The summed E-state index contributed by atoms with van der Waals surface area (Å²) in [5, 5.41) is 5.95. The smallest absolute Gasteiger partial charge is 0.252 e. The van der Waals surface area contributed by atoms with Gasteiger partial charge in [0.25, 0.3) is 5.91 Å². The van der Waals surface area contributed by atoms with Crippen LogP contribution < -0.4 is 15.4 Å². The monoisotopic (exact) mass is 348 g/mol. The first-order valence-corrected chi connectivity index (χ1v) is 6.45. The second-order valence-electron chi connectivity index (χ2n) is 3.75. The van der Waals surface area contributed by atoms with Gasteiger partial charge in [-0.25, -0.2) is 0 Å². The molecule has 0 saturated heterocycles. The number of halogens is 1. The number of carbonyl (C=O) groups is 1. The highest BCUT2D eigenvalue weighted by molar-refractivity contribution is 14.1. The van der Waals surface area contributed by atoms with Gasteiger partial charge in [-0.2, -0.15) is 0 Å². The van der Waals surface area contributed by atoms with Crippen molar-refractivity contribution < 1.29 is 9.53 Å². The van der Waals surface area contributed by atoms with Gasteiger partial charge in [-0.3, -0.25) is 4.79 Å². The normalized spacial score (nSPS) is 12.0. The minimum absolute atomic E-state index is 0.0563. The topological polar surface area (TPSA) is 50.4 Å². The first-order chi connectivity index (χ1) is 8.08. The van der Waals surface area contributed by atoms with Crippen LogP contribution in [0, 0.1) is 3.57 Å². The fraction of sp³-hybridized carbons (Fsp3) is 0.417. The van der Waals surface area contributed by atoms with Crippen molar-refractivity contribution in [2.24, 2.45) is 0 Å². The highest BCUT2D eigenvalue weighted by atomic mass is 127. The molecular weight excluding hydrogens is 331 g/mol. The van der Waals surface area contributed by atoms with Gasteiger partial charge in [0.1, 0.15) is 5.75 Å². The van der Waals surface area contributed by atoms with Gasteiger partial charge in [-0.05, 0) is 54.8 Å². The van der Waals surface area contributed by atoms with E-state index in [2.05, 4.69) is 33.2 Å². The maximum absolute atomic E-state index is 11.9. The molecule has 1 aromatic carbocycles. The van der Waals surface area contributed by atoms with Crippen LogP contribution in [0.3, 0.4) is 0 Å². The van der Waals surface area contributed by atoms with Crippen molar-refractivity contribution in [3.63, 3.8) is 0 Å². The Balaban J connectivity index is 2.69. The Bertz CT molecular complexity index is 396. The predicted octanol–water partition coefficient (Wildman–Crippen LogP) is 1.64. The second-order valence-corrected chi connectivity index (χ2v) is 4.91. The van der Waals surface area contributed by atoms with Crippen LogP contribution in [0.5, 0.6) is 5.75 Å². The molecule has 17 heavy (non-hydrogen) atoms. The molecule has 0 aliphatic rings. The summed E-state index contributed by atoms with van der Waals surface area (Å²) >= 11 is 2.13. The molecule has 1 aromatic rings. The number of hydrogen-bond donors (Lipinski definition) is 2. The molecule has 0 bridgehead atoms. The number of likely N-dealkylation sites (N-methyl/N-ethyl adjacent to an activating group) is 1. The summed E-state index contributed by atoms with van der Waals surface area (Å²) in [5.41, 5.74) is 0.676. The first-order valence-electron chi connectivity index (χ1n) is 5.37. The maximum Gasteiger partial charge on any atom is 0.252 e. The van der Waals surface area contributed by atoms with Crippen molar-refractivity contribution in [3.8, 4) is 5.75 Å². The minimum Gasteiger partial charge on any atom is -0.497 e. The van der Waals surface area contributed by atoms with Crippen LogP contribution in [0.1, 0.15) is 17.3 Å². The van der Waals surface area contributed by atoms with E-state index >= 15 is 0 Å². The molecule has 0 saturated carbocycles. The number of carbonyl (C=O) groups excluding carboxylic acids is 1. The van der Waals surface area contributed by atoms with Gasteiger partial charge in [0, 0.05) is 16.2 Å². The molecule has 5 heteroatoms. The Kier molecular flexibility index (Phi) is 5.70. The fourth-order valence-corrected chi connectivity index (χ4v) is 1.98. The predicted molar refractivity (Wildman–Crippen MR) is 76.6 cm³/mol. The molecule has 1 unspecified atom stereocenters. The summed E-state index contributed by atoms with van der Waals surface area (Å²) in [7, 11) is 3.48. The largest absolute Gasteiger partial charge is 0.497 e. The lowest BCUT2D eigenvalue weighted by Gasteiger charge is -2.12. The van der Waals surface area contributed by atoms with Crippen molar-refractivity contribution in [3.05, 3.63) is 27.3 Å². The molecule has 0 fully saturated rings. The summed E-state index contributed by atoms with van der Waals surface area (Å²) in [6.45, 7) is 2.62. The molecule has 0 radical (unpaired) electrons. The Morgan fingerprint density at radius 2 is 2.24 bits per heavy atom. The van der Waals surface area contributed by atoms with Crippen molar-refractivity contribution in [1.29, 1.82) is 0 Å². The average Bonchev–Trinajstić information content (AvgIpc) is 2.35. The van der Waals surface area contributed by atoms with Gasteiger partial charge in [0.05, 0.1) is 12.7 Å². The average molecular weight is 348 g/mol. The zero-order valence-corrected chi connectivity index (χ0v) is 12.4. The van der Waals surface area contributed by atoms with Crippen LogP contribution in [-0.2, 0) is 0 Å². The Hall–Kier alpha value is -0.820. The quantitative estimate of drug-likeness (QED) is 0.796. The van der Waals surface area contributed by atoms with Crippen LogP contribution in [0.4, 0.5) is 0 Å². The van der Waals surface area contributed by atoms with E-state index in [-0.39, 0.29) is 11.9 Å². The lowest BCUT2D eigenvalue weighted by molar-refractivity contribution is 0.0949. The summed E-state index contributed by atoms with van der Waals surface area (Å²) in [5.74, 6) is 0.702. The van der Waals surface area contributed by atoms with E-state index in [1.807, 2.05) is 20.0 Å². The number of amides is 1. The lowest BCUT2D eigenvalue weighted by Crippen LogP contribution is -2.37. The fourth-order valence-electron chi connectivity index (χ4n) is 1.25. The van der Waals surface area contributed by atoms with Gasteiger partial charge in [0.2, 0.25) is 0 Å². The number of nitrogens with one attached hydrogen (secondary N) is 2. The molecule has 0 spiro atoms. The molecule has 0 aliphatic carbocycles. The van der Waals surface area contributed by atoms with E-state index in [4.69, 9.17) is 4.74 Å². The molecule has 1 rings (SSSR count). The standard InChI is InChI=1S/C12H17IN2O2/c1-8(14-2)7-15-12(16)10-5-4-9(17-3)6-11(10)13/h4-6,8,14H,7H2,1-3H3,(H,15,16). The zero-order chi connectivity index (χ0) is 12.8. The number of benzene rings is 1. The molecular formula is C12H17IN2O2. The SMILES string of the molecule is CNC(C)CNC(=O)c1ccc(OC)cc1I. The van der Waals surface area contributed by atoms with Gasteiger partial charge in [-0.1, -0.05) is 0 Å². The molecule has 0 aliphatic heterocycles. The zero-order valence-electron chi connectivity index (χ0n) is 10.2. The van der Waals surface area contributed by atoms with Crippen molar-refractivity contribution in [2.45, 2.75) is 13.0 Å². The highest BCUT2D eigenvalue weighted by Gasteiger charge is 2.11. The molecule has 2 N–H and O–H groups in total. The van der Waals surface area contributed by atoms with E-state index < -0.39 is 0 Å². The number of ether oxygens (including phenoxy) is 1. The van der Waals surface area contributed by atoms with E-state index in [9.17, 15) is 4.79 Å². The van der Waals surface area contributed by atoms with E-state index in [1.54, 1.807) is 19.2 Å². The Morgan fingerprint density at radius 1 is 1.53 bits per heavy atom. The van der Waals surface area contributed by atoms with Gasteiger partial charge in [0.15, 0.2) is 0 Å². The van der Waals surface area contributed by atoms with Crippen LogP contribution in [0.2, 0.25) is 0 Å². The number of methoxy groups -OCH3 is 1. The molecule has 0 heterocycles. The summed E-state index contributed by atoms with van der Waals surface area (Å²) in [6.07, 6.45) is 0. The van der Waals surface area contributed by atoms with Crippen molar-refractivity contribution >= 4 is 28.5 Å². The van der Waals surface area contributed by atoms with Crippen LogP contribution in [-0.4, -0.2) is 32.7 Å². The lowest BCUT2D eigenvalue weighted by atomic mass is 10.2. The third-order valence-corrected chi connectivity index (χ3v) is 3.37. The molecule has 0 aromatic heterocycles. The van der Waals surface area contributed by atoms with Crippen LogP contribution in [0.25, 0.3) is 0 Å². The van der Waals surface area contributed by atoms with Crippen molar-refractivity contribution in [1.82, 2.24) is 10.6 Å². The summed E-state index contributed by atoms with van der Waals surface area (Å²) < 4.78 is 5.98. The summed E-state index contributed by atoms with van der Waals surface area (Å²) in [4.78, 5) is 11.9. The van der Waals surface area contributed by atoms with Crippen molar-refractivity contribution in [2.75, 3.05) is 20.7 Å². The van der Waals surface area contributed by atoms with Gasteiger partial charge < -0.3 is 15.4 Å². The molecule has 4 nitrogen and oxygen atoms in total. The van der Waals surface area contributed by atoms with Crippen LogP contribution in [0.15, 0.2) is 18.2 Å². The minimum atomic E-state index is -0.0563. The van der Waals surface area contributed by atoms with Gasteiger partial charge in [-0.15, -0.1) is 0 Å². The molecule has 1 atom stereocenters. The first kappa shape index (κ1) is 14.2. The molecule has 1 amide bonds. The maximum atomic E-state index is 11.9.